The number of fused-ring (bicyclic) bond motifs is 1. The highest BCUT2D eigenvalue weighted by atomic mass is 16.3. The number of aromatic nitrogens is 1. The van der Waals surface area contributed by atoms with Crippen LogP contribution in [0, 0.1) is 0 Å². The van der Waals surface area contributed by atoms with Gasteiger partial charge in [-0.25, -0.2) is 4.98 Å². The van der Waals surface area contributed by atoms with E-state index in [-0.39, 0.29) is 0 Å². The zero-order valence-corrected chi connectivity index (χ0v) is 13.5. The second kappa shape index (κ2) is 7.90. The lowest BCUT2D eigenvalue weighted by atomic mass is 10.0. The van der Waals surface area contributed by atoms with Crippen molar-refractivity contribution < 1.29 is 4.42 Å². The Hall–Kier alpha value is -2.94. The number of pyridine rings is 1. The largest absolute Gasteiger partial charge is 0.437 e. The summed E-state index contributed by atoms with van der Waals surface area (Å²) in [6, 6.07) is 3.85. The topological polar surface area (TPSA) is 38.4 Å². The van der Waals surface area contributed by atoms with Gasteiger partial charge in [0.1, 0.15) is 5.76 Å². The molecule has 0 fully saturated rings. The Morgan fingerprint density at radius 2 is 2.09 bits per heavy atom. The summed E-state index contributed by atoms with van der Waals surface area (Å²) in [6.07, 6.45) is 14.6. The van der Waals surface area contributed by atoms with E-state index in [1.165, 1.54) is 0 Å². The second-order valence-electron chi connectivity index (χ2n) is 4.72. The molecule has 0 saturated heterocycles. The SMILES string of the molecule is C=C/C=C(C(/C=C\C)=N/C=C\C)\c1oc2ncccc2c1C=C. The molecule has 2 heterocycles. The van der Waals surface area contributed by atoms with Gasteiger partial charge in [-0.1, -0.05) is 37.5 Å². The summed E-state index contributed by atoms with van der Waals surface area (Å²) >= 11 is 0. The highest BCUT2D eigenvalue weighted by Crippen LogP contribution is 2.31. The van der Waals surface area contributed by atoms with Crippen molar-refractivity contribution in [2.75, 3.05) is 0 Å². The fraction of sp³-hybridized carbons (Fsp3) is 0.100. The van der Waals surface area contributed by atoms with Crippen LogP contribution < -0.4 is 0 Å². The van der Waals surface area contributed by atoms with Gasteiger partial charge in [0.05, 0.1) is 5.71 Å². The fourth-order valence-corrected chi connectivity index (χ4v) is 2.26. The molecule has 0 spiro atoms. The lowest BCUT2D eigenvalue weighted by Gasteiger charge is -2.05. The van der Waals surface area contributed by atoms with E-state index in [1.807, 2.05) is 50.3 Å². The first-order chi connectivity index (χ1) is 11.3. The molecule has 3 nitrogen and oxygen atoms in total. The predicted molar refractivity (Wildman–Crippen MR) is 99.3 cm³/mol. The molecule has 0 radical (unpaired) electrons. The molecule has 0 unspecified atom stereocenters. The molecule has 0 atom stereocenters. The fourth-order valence-electron chi connectivity index (χ4n) is 2.26. The van der Waals surface area contributed by atoms with Gasteiger partial charge in [-0.3, -0.25) is 4.99 Å². The van der Waals surface area contributed by atoms with E-state index in [4.69, 9.17) is 4.42 Å². The van der Waals surface area contributed by atoms with Crippen molar-refractivity contribution in [2.45, 2.75) is 13.8 Å². The molecule has 0 aromatic carbocycles. The summed E-state index contributed by atoms with van der Waals surface area (Å²) in [6.45, 7) is 11.6. The minimum absolute atomic E-state index is 0.582. The summed E-state index contributed by atoms with van der Waals surface area (Å²) in [4.78, 5) is 8.77. The molecule has 116 valence electrons. The molecule has 2 aromatic heterocycles. The smallest absolute Gasteiger partial charge is 0.227 e. The average molecular weight is 304 g/mol. The molecule has 0 aliphatic carbocycles. The van der Waals surface area contributed by atoms with Crippen molar-refractivity contribution >= 4 is 28.5 Å². The monoisotopic (exact) mass is 304 g/mol. The van der Waals surface area contributed by atoms with E-state index in [1.54, 1.807) is 24.5 Å². The van der Waals surface area contributed by atoms with Crippen molar-refractivity contribution in [2.24, 2.45) is 4.99 Å². The lowest BCUT2D eigenvalue weighted by molar-refractivity contribution is 0.589. The summed E-state index contributed by atoms with van der Waals surface area (Å²) in [5, 5.41) is 0.929. The Morgan fingerprint density at radius 1 is 1.26 bits per heavy atom. The van der Waals surface area contributed by atoms with Gasteiger partial charge in [0, 0.05) is 28.9 Å². The molecule has 23 heavy (non-hydrogen) atoms. The van der Waals surface area contributed by atoms with Gasteiger partial charge in [0.25, 0.3) is 0 Å². The third-order valence-corrected chi connectivity index (χ3v) is 3.20. The Balaban J connectivity index is 2.74. The number of hydrogen-bond donors (Lipinski definition) is 0. The van der Waals surface area contributed by atoms with Crippen molar-refractivity contribution in [3.05, 3.63) is 79.4 Å². The van der Waals surface area contributed by atoms with Crippen LogP contribution in [0.15, 0.2) is 77.5 Å². The quantitative estimate of drug-likeness (QED) is 0.515. The molecule has 0 N–H and O–H groups in total. The van der Waals surface area contributed by atoms with Gasteiger partial charge in [0.15, 0.2) is 0 Å². The minimum atomic E-state index is 0.582. The molecule has 0 bridgehead atoms. The van der Waals surface area contributed by atoms with E-state index in [9.17, 15) is 0 Å². The van der Waals surface area contributed by atoms with Crippen molar-refractivity contribution in [3.8, 4) is 0 Å². The third-order valence-electron chi connectivity index (χ3n) is 3.20. The Morgan fingerprint density at radius 3 is 2.74 bits per heavy atom. The number of allylic oxidation sites excluding steroid dienone is 6. The van der Waals surface area contributed by atoms with Gasteiger partial charge in [-0.2, -0.15) is 0 Å². The summed E-state index contributed by atoms with van der Waals surface area (Å²) in [5.74, 6) is 0.690. The molecule has 0 aliphatic heterocycles. The highest BCUT2D eigenvalue weighted by Gasteiger charge is 2.18. The number of hydrogen-bond acceptors (Lipinski definition) is 3. The maximum atomic E-state index is 5.97. The molecular weight excluding hydrogens is 284 g/mol. The van der Waals surface area contributed by atoms with Crippen LogP contribution in [-0.2, 0) is 0 Å². The molecule has 2 aromatic rings. The third kappa shape index (κ3) is 3.46. The zero-order chi connectivity index (χ0) is 16.7. The number of nitrogens with zero attached hydrogens (tertiary/aromatic N) is 2. The van der Waals surface area contributed by atoms with Gasteiger partial charge < -0.3 is 4.42 Å². The first-order valence-corrected chi connectivity index (χ1v) is 7.41. The van der Waals surface area contributed by atoms with Crippen LogP contribution in [0.2, 0.25) is 0 Å². The highest BCUT2D eigenvalue weighted by molar-refractivity contribution is 6.30. The van der Waals surface area contributed by atoms with Crippen LogP contribution in [0.3, 0.4) is 0 Å². The molecule has 2 rings (SSSR count). The van der Waals surface area contributed by atoms with Gasteiger partial charge >= 0.3 is 0 Å². The zero-order valence-electron chi connectivity index (χ0n) is 13.5. The Labute approximate surface area is 136 Å². The number of aliphatic imine (C=N–C) groups is 1. The van der Waals surface area contributed by atoms with Crippen molar-refractivity contribution in [3.63, 3.8) is 0 Å². The minimum Gasteiger partial charge on any atom is -0.437 e. The van der Waals surface area contributed by atoms with Gasteiger partial charge in [0.2, 0.25) is 5.71 Å². The first-order valence-electron chi connectivity index (χ1n) is 7.41. The Kier molecular flexibility index (Phi) is 5.64. The van der Waals surface area contributed by atoms with Gasteiger partial charge in [-0.05, 0) is 38.1 Å². The maximum absolute atomic E-state index is 5.97. The van der Waals surface area contributed by atoms with Crippen LogP contribution in [-0.4, -0.2) is 10.7 Å². The summed E-state index contributed by atoms with van der Waals surface area (Å²) in [7, 11) is 0. The average Bonchev–Trinajstić information content (AvgIpc) is 2.95. The molecule has 0 saturated carbocycles. The standard InChI is InChI=1S/C20H20N2O/c1-5-10-17(18(11-6-2)21-13-7-3)19-15(8-4)16-12-9-14-22-20(16)23-19/h5-14H,1,4H2,2-3H3/b11-6-,13-7-,17-10-,21-18+. The van der Waals surface area contributed by atoms with Crippen LogP contribution in [0.1, 0.15) is 25.2 Å². The predicted octanol–water partition coefficient (Wildman–Crippen LogP) is 5.59. The van der Waals surface area contributed by atoms with Crippen molar-refractivity contribution in [1.82, 2.24) is 4.98 Å². The van der Waals surface area contributed by atoms with Gasteiger partial charge in [-0.15, -0.1) is 0 Å². The van der Waals surface area contributed by atoms with Crippen LogP contribution in [0.5, 0.6) is 0 Å². The molecule has 3 heteroatoms. The van der Waals surface area contributed by atoms with E-state index in [2.05, 4.69) is 23.1 Å². The Bertz CT molecular complexity index is 832. The number of rotatable bonds is 6. The molecule has 0 aliphatic rings. The lowest BCUT2D eigenvalue weighted by Crippen LogP contribution is -1.99. The number of furan rings is 1. The summed E-state index contributed by atoms with van der Waals surface area (Å²) in [5.41, 5.74) is 3.11. The van der Waals surface area contributed by atoms with Crippen LogP contribution in [0.25, 0.3) is 22.7 Å². The maximum Gasteiger partial charge on any atom is 0.227 e. The normalized spacial score (nSPS) is 13.3. The second-order valence-corrected chi connectivity index (χ2v) is 4.72. The summed E-state index contributed by atoms with van der Waals surface area (Å²) < 4.78 is 5.97. The van der Waals surface area contributed by atoms with Crippen LogP contribution in [0.4, 0.5) is 0 Å². The van der Waals surface area contributed by atoms with E-state index < -0.39 is 0 Å². The van der Waals surface area contributed by atoms with E-state index >= 15 is 0 Å². The first kappa shape index (κ1) is 16.4. The van der Waals surface area contributed by atoms with Crippen LogP contribution >= 0.6 is 0 Å². The van der Waals surface area contributed by atoms with E-state index in [0.717, 1.165) is 22.2 Å². The molecule has 0 amide bonds. The van der Waals surface area contributed by atoms with E-state index in [0.29, 0.717) is 11.5 Å². The van der Waals surface area contributed by atoms with Crippen molar-refractivity contribution in [1.29, 1.82) is 0 Å². The molecular formula is C20H20N2O.